The lowest BCUT2D eigenvalue weighted by Crippen LogP contribution is -2.07. The Morgan fingerprint density at radius 2 is 2.08 bits per heavy atom. The molecule has 0 amide bonds. The third-order valence-electron chi connectivity index (χ3n) is 3.68. The summed E-state index contributed by atoms with van der Waals surface area (Å²) < 4.78 is 33.2. The van der Waals surface area contributed by atoms with Crippen molar-refractivity contribution in [2.45, 2.75) is 13.2 Å². The molecular weight excluding hydrogens is 338 g/mol. The van der Waals surface area contributed by atoms with Gasteiger partial charge >= 0.3 is 5.97 Å². The van der Waals surface area contributed by atoms with E-state index in [2.05, 4.69) is 5.10 Å². The Balaban J connectivity index is 2.13. The highest BCUT2D eigenvalue weighted by atomic mass is 35.5. The lowest BCUT2D eigenvalue weighted by Gasteiger charge is -2.06. The number of carbonyl (C=O) groups excluding carboxylic acids is 1. The highest BCUT2D eigenvalue weighted by molar-refractivity contribution is 6.30. The molecule has 4 nitrogen and oxygen atoms in total. The van der Waals surface area contributed by atoms with Crippen LogP contribution in [-0.2, 0) is 18.0 Å². The zero-order valence-electron chi connectivity index (χ0n) is 12.7. The first kappa shape index (κ1) is 16.4. The molecule has 0 bridgehead atoms. The zero-order valence-corrected chi connectivity index (χ0v) is 13.5. The Morgan fingerprint density at radius 1 is 1.29 bits per heavy atom. The van der Waals surface area contributed by atoms with Gasteiger partial charge in [-0.15, -0.1) is 0 Å². The lowest BCUT2D eigenvalue weighted by molar-refractivity contribution is 0.0595. The number of hydrogen-bond donors (Lipinski definition) is 0. The van der Waals surface area contributed by atoms with Gasteiger partial charge in [-0.2, -0.15) is 5.10 Å². The molecule has 1 heterocycles. The third-order valence-corrected chi connectivity index (χ3v) is 3.92. The van der Waals surface area contributed by atoms with Gasteiger partial charge in [0.1, 0.15) is 12.5 Å². The molecule has 2 aromatic carbocycles. The number of alkyl halides is 1. The summed E-state index contributed by atoms with van der Waals surface area (Å²) in [5.74, 6) is -1.09. The van der Waals surface area contributed by atoms with Crippen LogP contribution in [0.25, 0.3) is 10.9 Å². The second kappa shape index (κ2) is 6.57. The molecule has 3 aromatic rings. The minimum Gasteiger partial charge on any atom is -0.464 e. The number of nitrogens with zero attached hydrogens (tertiary/aromatic N) is 2. The van der Waals surface area contributed by atoms with Crippen LogP contribution in [0.4, 0.5) is 8.78 Å². The van der Waals surface area contributed by atoms with E-state index in [0.717, 1.165) is 0 Å². The van der Waals surface area contributed by atoms with Crippen LogP contribution in [0.2, 0.25) is 5.02 Å². The van der Waals surface area contributed by atoms with Crippen LogP contribution in [-0.4, -0.2) is 22.9 Å². The molecular formula is C17H13ClF2N2O2. The standard InChI is InChI=1S/C17H13ClF2N2O2/c1-24-17(23)16-13-5-2-10(8-19)6-15(13)22(21-16)9-11-3-4-12(18)7-14(11)20/h2-7H,8-9H2,1H3. The van der Waals surface area contributed by atoms with Gasteiger partial charge in [-0.25, -0.2) is 13.6 Å². The third kappa shape index (κ3) is 2.97. The van der Waals surface area contributed by atoms with E-state index in [4.69, 9.17) is 16.3 Å². The van der Waals surface area contributed by atoms with Crippen molar-refractivity contribution >= 4 is 28.5 Å². The molecule has 0 atom stereocenters. The summed E-state index contributed by atoms with van der Waals surface area (Å²) in [4.78, 5) is 11.9. The molecule has 1 aromatic heterocycles. The van der Waals surface area contributed by atoms with Crippen molar-refractivity contribution in [3.63, 3.8) is 0 Å². The molecule has 0 aliphatic carbocycles. The van der Waals surface area contributed by atoms with Gasteiger partial charge in [-0.05, 0) is 29.8 Å². The summed E-state index contributed by atoms with van der Waals surface area (Å²) in [6.07, 6.45) is 0. The van der Waals surface area contributed by atoms with E-state index in [1.54, 1.807) is 30.3 Å². The summed E-state index contributed by atoms with van der Waals surface area (Å²) in [5.41, 5.74) is 1.43. The molecule has 3 rings (SSSR count). The maximum Gasteiger partial charge on any atom is 0.359 e. The lowest BCUT2D eigenvalue weighted by atomic mass is 10.1. The maximum atomic E-state index is 14.0. The number of hydrogen-bond acceptors (Lipinski definition) is 3. The van der Waals surface area contributed by atoms with E-state index in [9.17, 15) is 13.6 Å². The number of ether oxygens (including phenoxy) is 1. The highest BCUT2D eigenvalue weighted by Crippen LogP contribution is 2.24. The molecule has 7 heteroatoms. The number of rotatable bonds is 4. The quantitative estimate of drug-likeness (QED) is 0.664. The molecule has 0 aliphatic heterocycles. The van der Waals surface area contributed by atoms with Gasteiger partial charge in [0.25, 0.3) is 0 Å². The Bertz CT molecular complexity index is 924. The van der Waals surface area contributed by atoms with Crippen molar-refractivity contribution in [3.8, 4) is 0 Å². The van der Waals surface area contributed by atoms with E-state index in [-0.39, 0.29) is 17.3 Å². The summed E-state index contributed by atoms with van der Waals surface area (Å²) in [5, 5.41) is 5.02. The van der Waals surface area contributed by atoms with E-state index in [0.29, 0.717) is 22.0 Å². The fourth-order valence-corrected chi connectivity index (χ4v) is 2.64. The number of halogens is 3. The van der Waals surface area contributed by atoms with Gasteiger partial charge in [0, 0.05) is 16.0 Å². The first-order valence-corrected chi connectivity index (χ1v) is 7.49. The van der Waals surface area contributed by atoms with Crippen molar-refractivity contribution < 1.29 is 18.3 Å². The number of esters is 1. The smallest absolute Gasteiger partial charge is 0.359 e. The second-order valence-electron chi connectivity index (χ2n) is 5.22. The average Bonchev–Trinajstić information content (AvgIpc) is 2.94. The zero-order chi connectivity index (χ0) is 17.3. The van der Waals surface area contributed by atoms with Gasteiger partial charge in [0.15, 0.2) is 5.69 Å². The summed E-state index contributed by atoms with van der Waals surface area (Å²) >= 11 is 5.75. The van der Waals surface area contributed by atoms with Gasteiger partial charge in [-0.1, -0.05) is 23.7 Å². The van der Waals surface area contributed by atoms with Crippen LogP contribution in [0.3, 0.4) is 0 Å². The van der Waals surface area contributed by atoms with Crippen LogP contribution in [0, 0.1) is 5.82 Å². The molecule has 0 N–H and O–H groups in total. The summed E-state index contributed by atoms with van der Waals surface area (Å²) in [6.45, 7) is -0.573. The highest BCUT2D eigenvalue weighted by Gasteiger charge is 2.19. The molecule has 124 valence electrons. The molecule has 24 heavy (non-hydrogen) atoms. The Hall–Kier alpha value is -2.47. The van der Waals surface area contributed by atoms with Crippen molar-refractivity contribution in [1.29, 1.82) is 0 Å². The first-order chi connectivity index (χ1) is 11.5. The molecule has 0 fully saturated rings. The number of fused-ring (bicyclic) bond motifs is 1. The molecule has 0 radical (unpaired) electrons. The predicted molar refractivity (Wildman–Crippen MR) is 86.4 cm³/mol. The Labute approximate surface area is 141 Å². The predicted octanol–water partition coefficient (Wildman–Crippen LogP) is 4.13. The van der Waals surface area contributed by atoms with Crippen LogP contribution >= 0.6 is 11.6 Å². The van der Waals surface area contributed by atoms with E-state index >= 15 is 0 Å². The van der Waals surface area contributed by atoms with Crippen LogP contribution in [0.1, 0.15) is 21.6 Å². The number of benzene rings is 2. The molecule has 0 unspecified atom stereocenters. The topological polar surface area (TPSA) is 44.1 Å². The minimum absolute atomic E-state index is 0.0756. The van der Waals surface area contributed by atoms with Crippen molar-refractivity contribution in [2.24, 2.45) is 0 Å². The van der Waals surface area contributed by atoms with Crippen LogP contribution in [0.15, 0.2) is 36.4 Å². The van der Waals surface area contributed by atoms with Crippen molar-refractivity contribution in [1.82, 2.24) is 9.78 Å². The van der Waals surface area contributed by atoms with E-state index in [1.807, 2.05) is 0 Å². The Morgan fingerprint density at radius 3 is 2.75 bits per heavy atom. The van der Waals surface area contributed by atoms with Crippen molar-refractivity contribution in [3.05, 3.63) is 64.1 Å². The Kier molecular flexibility index (Phi) is 4.49. The maximum absolute atomic E-state index is 14.0. The number of methoxy groups -OCH3 is 1. The normalized spacial score (nSPS) is 11.0. The fraction of sp³-hybridized carbons (Fsp3) is 0.176. The molecule has 0 aliphatic rings. The summed E-state index contributed by atoms with van der Waals surface area (Å²) in [7, 11) is 1.25. The SMILES string of the molecule is COC(=O)c1nn(Cc2ccc(Cl)cc2F)c2cc(CF)ccc12. The first-order valence-electron chi connectivity index (χ1n) is 7.11. The molecule has 0 saturated heterocycles. The summed E-state index contributed by atoms with van der Waals surface area (Å²) in [6, 6.07) is 9.09. The average molecular weight is 351 g/mol. The largest absolute Gasteiger partial charge is 0.464 e. The van der Waals surface area contributed by atoms with Crippen molar-refractivity contribution in [2.75, 3.05) is 7.11 Å². The monoisotopic (exact) mass is 350 g/mol. The van der Waals surface area contributed by atoms with Crippen LogP contribution in [0.5, 0.6) is 0 Å². The van der Waals surface area contributed by atoms with Gasteiger partial charge < -0.3 is 4.74 Å². The molecule has 0 spiro atoms. The number of carbonyl (C=O) groups is 1. The molecule has 0 saturated carbocycles. The van der Waals surface area contributed by atoms with Gasteiger partial charge in [0.05, 0.1) is 19.2 Å². The van der Waals surface area contributed by atoms with E-state index < -0.39 is 18.5 Å². The second-order valence-corrected chi connectivity index (χ2v) is 5.66. The number of aromatic nitrogens is 2. The van der Waals surface area contributed by atoms with E-state index in [1.165, 1.54) is 17.9 Å². The van der Waals surface area contributed by atoms with Crippen LogP contribution < -0.4 is 0 Å². The van der Waals surface area contributed by atoms with Gasteiger partial charge in [0.2, 0.25) is 0 Å². The van der Waals surface area contributed by atoms with Gasteiger partial charge in [-0.3, -0.25) is 4.68 Å². The fourth-order valence-electron chi connectivity index (χ4n) is 2.48. The minimum atomic E-state index is -0.649.